The van der Waals surface area contributed by atoms with Crippen LogP contribution in [0.25, 0.3) is 0 Å². The molecule has 1 atom stereocenters. The van der Waals surface area contributed by atoms with Crippen molar-refractivity contribution in [3.63, 3.8) is 0 Å². The van der Waals surface area contributed by atoms with E-state index in [1.54, 1.807) is 6.33 Å². The van der Waals surface area contributed by atoms with Crippen molar-refractivity contribution >= 4 is 5.82 Å². The van der Waals surface area contributed by atoms with Crippen molar-refractivity contribution in [1.82, 2.24) is 19.9 Å². The third kappa shape index (κ3) is 4.29. The highest BCUT2D eigenvalue weighted by atomic mass is 15.2. The van der Waals surface area contributed by atoms with Crippen molar-refractivity contribution in [2.75, 3.05) is 25.0 Å². The van der Waals surface area contributed by atoms with Gasteiger partial charge in [-0.25, -0.2) is 9.97 Å². The molecule has 0 bridgehead atoms. The highest BCUT2D eigenvalue weighted by molar-refractivity contribution is 5.36. The first-order valence-corrected chi connectivity index (χ1v) is 8.94. The molecule has 1 saturated heterocycles. The summed E-state index contributed by atoms with van der Waals surface area (Å²) in [5, 5.41) is 3.52. The van der Waals surface area contributed by atoms with Gasteiger partial charge in [0.15, 0.2) is 0 Å². The van der Waals surface area contributed by atoms with E-state index in [1.165, 1.54) is 24.8 Å². The fourth-order valence-electron chi connectivity index (χ4n) is 3.25. The third-order valence-electron chi connectivity index (χ3n) is 4.66. The summed E-state index contributed by atoms with van der Waals surface area (Å²) in [5.74, 6) is 1.31. The van der Waals surface area contributed by atoms with E-state index in [4.69, 9.17) is 0 Å². The van der Waals surface area contributed by atoms with E-state index in [0.29, 0.717) is 12.0 Å². The summed E-state index contributed by atoms with van der Waals surface area (Å²) in [6.45, 7) is 7.45. The minimum absolute atomic E-state index is 0.330. The van der Waals surface area contributed by atoms with Crippen molar-refractivity contribution in [2.24, 2.45) is 0 Å². The lowest BCUT2D eigenvalue weighted by Gasteiger charge is -2.35. The number of rotatable bonds is 6. The first-order chi connectivity index (χ1) is 11.7. The van der Waals surface area contributed by atoms with Gasteiger partial charge in [-0.3, -0.25) is 9.88 Å². The van der Waals surface area contributed by atoms with Crippen LogP contribution in [0, 0.1) is 0 Å². The molecule has 5 heteroatoms. The Labute approximate surface area is 144 Å². The first-order valence-electron chi connectivity index (χ1n) is 8.94. The van der Waals surface area contributed by atoms with E-state index < -0.39 is 0 Å². The second kappa shape index (κ2) is 8.20. The number of hydrogen-bond acceptors (Lipinski definition) is 5. The number of hydrogen-bond donors (Lipinski definition) is 1. The van der Waals surface area contributed by atoms with E-state index in [2.05, 4.69) is 51.1 Å². The lowest BCUT2D eigenvalue weighted by molar-refractivity contribution is 0.170. The Bertz CT molecular complexity index is 623. The van der Waals surface area contributed by atoms with E-state index >= 15 is 0 Å². The van der Waals surface area contributed by atoms with Crippen LogP contribution in [0.1, 0.15) is 56.3 Å². The van der Waals surface area contributed by atoms with Crippen molar-refractivity contribution in [2.45, 2.75) is 45.1 Å². The Morgan fingerprint density at radius 1 is 1.17 bits per heavy atom. The topological polar surface area (TPSA) is 53.9 Å². The largest absolute Gasteiger partial charge is 0.368 e. The van der Waals surface area contributed by atoms with Gasteiger partial charge in [-0.05, 0) is 43.5 Å². The molecule has 5 nitrogen and oxygen atoms in total. The van der Waals surface area contributed by atoms with E-state index in [1.807, 2.05) is 18.5 Å². The first kappa shape index (κ1) is 16.8. The van der Waals surface area contributed by atoms with Crippen LogP contribution in [0.2, 0.25) is 0 Å². The van der Waals surface area contributed by atoms with Gasteiger partial charge in [0.05, 0.1) is 6.04 Å². The normalized spacial score (nSPS) is 17.0. The smallest absolute Gasteiger partial charge is 0.129 e. The highest BCUT2D eigenvalue weighted by Gasteiger charge is 2.22. The zero-order valence-electron chi connectivity index (χ0n) is 14.7. The van der Waals surface area contributed by atoms with Crippen LogP contribution in [0.3, 0.4) is 0 Å². The second-order valence-corrected chi connectivity index (χ2v) is 6.76. The van der Waals surface area contributed by atoms with E-state index in [-0.39, 0.29) is 0 Å². The fraction of sp³-hybridized carbons (Fsp3) is 0.526. The van der Waals surface area contributed by atoms with Crippen LogP contribution in [0.4, 0.5) is 5.82 Å². The molecule has 2 aromatic heterocycles. The predicted molar refractivity (Wildman–Crippen MR) is 97.0 cm³/mol. The predicted octanol–water partition coefficient (Wildman–Crippen LogP) is 3.63. The summed E-state index contributed by atoms with van der Waals surface area (Å²) < 4.78 is 0. The van der Waals surface area contributed by atoms with Gasteiger partial charge in [0.2, 0.25) is 0 Å². The molecule has 3 heterocycles. The summed E-state index contributed by atoms with van der Waals surface area (Å²) in [4.78, 5) is 15.6. The standard InChI is InChI=1S/C19H27N5/c1-15(2)17-11-19(23-14-22-17)21-13-18(16-7-6-8-20-12-16)24-9-4-3-5-10-24/h6-8,11-12,14-15,18H,3-5,9-10,13H2,1-2H3,(H,21,22,23). The van der Waals surface area contributed by atoms with Gasteiger partial charge in [0.25, 0.3) is 0 Å². The maximum atomic E-state index is 4.38. The molecule has 128 valence electrons. The Morgan fingerprint density at radius 3 is 2.71 bits per heavy atom. The summed E-state index contributed by atoms with van der Waals surface area (Å²) in [6, 6.07) is 6.58. The summed E-state index contributed by atoms with van der Waals surface area (Å²) in [5.41, 5.74) is 2.34. The van der Waals surface area contributed by atoms with Crippen LogP contribution in [-0.4, -0.2) is 39.5 Å². The third-order valence-corrected chi connectivity index (χ3v) is 4.66. The number of nitrogens with one attached hydrogen (secondary N) is 1. The molecule has 3 rings (SSSR count). The average Bonchev–Trinajstić information content (AvgIpc) is 2.64. The average molecular weight is 325 g/mol. The van der Waals surface area contributed by atoms with Gasteiger partial charge in [-0.1, -0.05) is 26.3 Å². The Morgan fingerprint density at radius 2 is 2.00 bits per heavy atom. The second-order valence-electron chi connectivity index (χ2n) is 6.76. The fourth-order valence-corrected chi connectivity index (χ4v) is 3.25. The molecule has 0 amide bonds. The molecule has 0 aliphatic carbocycles. The summed E-state index contributed by atoms with van der Waals surface area (Å²) >= 11 is 0. The van der Waals surface area contributed by atoms with Crippen molar-refractivity contribution in [3.8, 4) is 0 Å². The van der Waals surface area contributed by atoms with E-state index in [9.17, 15) is 0 Å². The molecule has 0 saturated carbocycles. The number of anilines is 1. The molecular weight excluding hydrogens is 298 g/mol. The molecular formula is C19H27N5. The number of likely N-dealkylation sites (tertiary alicyclic amines) is 1. The molecule has 0 spiro atoms. The van der Waals surface area contributed by atoms with Crippen LogP contribution in [0.5, 0.6) is 0 Å². The number of piperidine rings is 1. The van der Waals surface area contributed by atoms with Crippen molar-refractivity contribution in [1.29, 1.82) is 0 Å². The zero-order valence-corrected chi connectivity index (χ0v) is 14.7. The Balaban J connectivity index is 1.73. The summed E-state index contributed by atoms with van der Waals surface area (Å²) in [7, 11) is 0. The number of pyridine rings is 1. The van der Waals surface area contributed by atoms with Gasteiger partial charge in [0, 0.05) is 30.7 Å². The number of aromatic nitrogens is 3. The van der Waals surface area contributed by atoms with Crippen LogP contribution < -0.4 is 5.32 Å². The molecule has 0 aromatic carbocycles. The number of nitrogens with zero attached hydrogens (tertiary/aromatic N) is 4. The molecule has 0 radical (unpaired) electrons. The molecule has 1 fully saturated rings. The van der Waals surface area contributed by atoms with Crippen LogP contribution in [0.15, 0.2) is 36.9 Å². The zero-order chi connectivity index (χ0) is 16.8. The van der Waals surface area contributed by atoms with Gasteiger partial charge >= 0.3 is 0 Å². The minimum Gasteiger partial charge on any atom is -0.368 e. The van der Waals surface area contributed by atoms with Crippen molar-refractivity contribution < 1.29 is 0 Å². The Kier molecular flexibility index (Phi) is 5.75. The molecule has 1 N–H and O–H groups in total. The molecule has 1 unspecified atom stereocenters. The summed E-state index contributed by atoms with van der Waals surface area (Å²) in [6.07, 6.45) is 9.37. The van der Waals surface area contributed by atoms with Gasteiger partial charge < -0.3 is 5.32 Å². The quantitative estimate of drug-likeness (QED) is 0.879. The van der Waals surface area contributed by atoms with Crippen molar-refractivity contribution in [3.05, 3.63) is 48.2 Å². The van der Waals surface area contributed by atoms with Gasteiger partial charge in [-0.15, -0.1) is 0 Å². The van der Waals surface area contributed by atoms with Crippen LogP contribution in [-0.2, 0) is 0 Å². The Hall–Kier alpha value is -2.01. The van der Waals surface area contributed by atoms with E-state index in [0.717, 1.165) is 31.1 Å². The van der Waals surface area contributed by atoms with Gasteiger partial charge in [-0.2, -0.15) is 0 Å². The maximum absolute atomic E-state index is 4.38. The molecule has 1 aliphatic heterocycles. The molecule has 1 aliphatic rings. The lowest BCUT2D eigenvalue weighted by Crippen LogP contribution is -2.37. The van der Waals surface area contributed by atoms with Gasteiger partial charge in [0.1, 0.15) is 12.1 Å². The SMILES string of the molecule is CC(C)c1cc(NCC(c2cccnc2)N2CCCCC2)ncn1. The molecule has 24 heavy (non-hydrogen) atoms. The maximum Gasteiger partial charge on any atom is 0.129 e. The lowest BCUT2D eigenvalue weighted by atomic mass is 10.0. The minimum atomic E-state index is 0.330. The van der Waals surface area contributed by atoms with Crippen LogP contribution >= 0.6 is 0 Å². The molecule has 2 aromatic rings. The highest BCUT2D eigenvalue weighted by Crippen LogP contribution is 2.24. The monoisotopic (exact) mass is 325 g/mol.